The molecule has 29 heavy (non-hydrogen) atoms. The zero-order chi connectivity index (χ0) is 20.2. The molecule has 1 fully saturated rings. The first-order valence-corrected chi connectivity index (χ1v) is 9.96. The van der Waals surface area contributed by atoms with Crippen LogP contribution in [-0.4, -0.2) is 45.1 Å². The topological polar surface area (TPSA) is 84.2 Å². The maximum absolute atomic E-state index is 12.9. The normalized spacial score (nSPS) is 16.5. The first-order valence-electron chi connectivity index (χ1n) is 9.96. The number of carbonyl (C=O) groups excluding carboxylic acids is 1. The highest BCUT2D eigenvalue weighted by atomic mass is 16.5. The summed E-state index contributed by atoms with van der Waals surface area (Å²) in [6.07, 6.45) is 5.51. The molecule has 0 saturated carbocycles. The van der Waals surface area contributed by atoms with Crippen LogP contribution in [-0.2, 0) is 0 Å². The van der Waals surface area contributed by atoms with Crippen LogP contribution in [0.1, 0.15) is 47.6 Å². The molecule has 7 nitrogen and oxygen atoms in total. The Morgan fingerprint density at radius 3 is 2.59 bits per heavy atom. The number of nitrogens with zero attached hydrogens (tertiary/aromatic N) is 4. The van der Waals surface area contributed by atoms with Crippen molar-refractivity contribution in [1.82, 2.24) is 25.3 Å². The summed E-state index contributed by atoms with van der Waals surface area (Å²) in [6, 6.07) is 12.0. The summed E-state index contributed by atoms with van der Waals surface area (Å²) in [5.41, 5.74) is 2.49. The van der Waals surface area contributed by atoms with E-state index in [-0.39, 0.29) is 11.9 Å². The summed E-state index contributed by atoms with van der Waals surface area (Å²) < 4.78 is 5.26. The molecule has 0 bridgehead atoms. The average molecular weight is 391 g/mol. The number of hydrogen-bond acceptors (Lipinski definition) is 6. The molecule has 1 N–H and O–H groups in total. The van der Waals surface area contributed by atoms with E-state index in [9.17, 15) is 4.79 Å². The molecule has 1 aromatic carbocycles. The van der Waals surface area contributed by atoms with Crippen molar-refractivity contribution < 1.29 is 9.32 Å². The van der Waals surface area contributed by atoms with Crippen LogP contribution in [0, 0.1) is 6.92 Å². The van der Waals surface area contributed by atoms with Crippen LogP contribution in [0.4, 0.5) is 0 Å². The molecular weight excluding hydrogens is 366 g/mol. The molecule has 1 aliphatic heterocycles. The van der Waals surface area contributed by atoms with Crippen molar-refractivity contribution in [2.75, 3.05) is 13.1 Å². The third-order valence-corrected chi connectivity index (χ3v) is 5.53. The third-order valence-electron chi connectivity index (χ3n) is 5.53. The Bertz CT molecular complexity index is 964. The molecule has 2 aromatic heterocycles. The third kappa shape index (κ3) is 4.35. The van der Waals surface area contributed by atoms with Crippen molar-refractivity contribution in [3.8, 4) is 11.5 Å². The van der Waals surface area contributed by atoms with Crippen LogP contribution < -0.4 is 5.32 Å². The van der Waals surface area contributed by atoms with Gasteiger partial charge in [0.25, 0.3) is 11.8 Å². The number of piperidine rings is 1. The van der Waals surface area contributed by atoms with E-state index in [0.29, 0.717) is 28.9 Å². The van der Waals surface area contributed by atoms with E-state index in [1.807, 2.05) is 30.6 Å². The van der Waals surface area contributed by atoms with Gasteiger partial charge in [-0.05, 0) is 56.5 Å². The number of pyridine rings is 1. The SMILES string of the molecule is Cc1noc(-c2ccccc2C(=O)NC2CCN(C(C)c3ccncc3)CC2)n1. The standard InChI is InChI=1S/C22H25N5O2/c1-15(17-7-11-23-12-8-17)27-13-9-18(10-14-27)25-21(28)19-5-3-4-6-20(19)22-24-16(2)26-29-22/h3-8,11-12,15,18H,9-10,13-14H2,1-2H3,(H,25,28). The van der Waals surface area contributed by atoms with E-state index in [2.05, 4.69) is 44.4 Å². The van der Waals surface area contributed by atoms with Gasteiger partial charge in [0.05, 0.1) is 11.1 Å². The molecule has 0 aliphatic carbocycles. The van der Waals surface area contributed by atoms with Crippen LogP contribution >= 0.6 is 0 Å². The lowest BCUT2D eigenvalue weighted by atomic mass is 9.99. The average Bonchev–Trinajstić information content (AvgIpc) is 3.20. The number of hydrogen-bond donors (Lipinski definition) is 1. The fourth-order valence-corrected chi connectivity index (χ4v) is 3.82. The Balaban J connectivity index is 1.39. The van der Waals surface area contributed by atoms with Crippen molar-refractivity contribution in [2.45, 2.75) is 38.8 Å². The summed E-state index contributed by atoms with van der Waals surface area (Å²) in [6.45, 7) is 5.87. The summed E-state index contributed by atoms with van der Waals surface area (Å²) >= 11 is 0. The van der Waals surface area contributed by atoms with Crippen LogP contribution in [0.5, 0.6) is 0 Å². The quantitative estimate of drug-likeness (QED) is 0.718. The van der Waals surface area contributed by atoms with Gasteiger partial charge in [0.2, 0.25) is 0 Å². The molecule has 3 heterocycles. The van der Waals surface area contributed by atoms with Crippen molar-refractivity contribution in [3.63, 3.8) is 0 Å². The molecule has 4 rings (SSSR count). The van der Waals surface area contributed by atoms with Gasteiger partial charge in [-0.2, -0.15) is 4.98 Å². The number of amides is 1. The number of carbonyl (C=O) groups is 1. The highest BCUT2D eigenvalue weighted by Gasteiger charge is 2.26. The van der Waals surface area contributed by atoms with Crippen LogP contribution in [0.3, 0.4) is 0 Å². The zero-order valence-corrected chi connectivity index (χ0v) is 16.7. The van der Waals surface area contributed by atoms with E-state index in [0.717, 1.165) is 25.9 Å². The molecule has 7 heteroatoms. The van der Waals surface area contributed by atoms with E-state index in [1.54, 1.807) is 13.0 Å². The van der Waals surface area contributed by atoms with Gasteiger partial charge in [-0.1, -0.05) is 17.3 Å². The smallest absolute Gasteiger partial charge is 0.258 e. The first-order chi connectivity index (χ1) is 14.1. The molecule has 1 atom stereocenters. The fraction of sp³-hybridized carbons (Fsp3) is 0.364. The lowest BCUT2D eigenvalue weighted by Gasteiger charge is -2.36. The number of nitrogens with one attached hydrogen (secondary N) is 1. The molecule has 3 aromatic rings. The van der Waals surface area contributed by atoms with Gasteiger partial charge in [0.15, 0.2) is 5.82 Å². The highest BCUT2D eigenvalue weighted by Crippen LogP contribution is 2.25. The minimum absolute atomic E-state index is 0.0999. The minimum atomic E-state index is -0.0999. The van der Waals surface area contributed by atoms with Gasteiger partial charge >= 0.3 is 0 Å². The summed E-state index contributed by atoms with van der Waals surface area (Å²) in [5, 5.41) is 7.02. The molecule has 1 unspecified atom stereocenters. The Kier molecular flexibility index (Phi) is 5.67. The largest absolute Gasteiger partial charge is 0.349 e. The summed E-state index contributed by atoms with van der Waals surface area (Å²) in [4.78, 5) is 23.7. The molecule has 1 saturated heterocycles. The predicted molar refractivity (Wildman–Crippen MR) is 109 cm³/mol. The Morgan fingerprint density at radius 1 is 1.17 bits per heavy atom. The van der Waals surface area contributed by atoms with Crippen molar-refractivity contribution in [1.29, 1.82) is 0 Å². The lowest BCUT2D eigenvalue weighted by molar-refractivity contribution is 0.0896. The van der Waals surface area contributed by atoms with Gasteiger partial charge in [0, 0.05) is 37.6 Å². The summed E-state index contributed by atoms with van der Waals surface area (Å²) in [5.74, 6) is 0.817. The second-order valence-corrected chi connectivity index (χ2v) is 7.43. The van der Waals surface area contributed by atoms with Crippen molar-refractivity contribution >= 4 is 5.91 Å². The molecule has 1 aliphatic rings. The van der Waals surface area contributed by atoms with Crippen LogP contribution in [0.15, 0.2) is 53.3 Å². The minimum Gasteiger partial charge on any atom is -0.349 e. The van der Waals surface area contributed by atoms with E-state index in [4.69, 9.17) is 4.52 Å². The van der Waals surface area contributed by atoms with E-state index >= 15 is 0 Å². The van der Waals surface area contributed by atoms with Gasteiger partial charge in [-0.3, -0.25) is 14.7 Å². The number of likely N-dealkylation sites (tertiary alicyclic amines) is 1. The Hall–Kier alpha value is -3.06. The Morgan fingerprint density at radius 2 is 1.90 bits per heavy atom. The fourth-order valence-electron chi connectivity index (χ4n) is 3.82. The van der Waals surface area contributed by atoms with Gasteiger partial charge in [-0.25, -0.2) is 0 Å². The first kappa shape index (κ1) is 19.3. The lowest BCUT2D eigenvalue weighted by Crippen LogP contribution is -2.45. The number of benzene rings is 1. The number of aromatic nitrogens is 3. The maximum Gasteiger partial charge on any atom is 0.258 e. The highest BCUT2D eigenvalue weighted by molar-refractivity contribution is 6.00. The zero-order valence-electron chi connectivity index (χ0n) is 16.7. The van der Waals surface area contributed by atoms with Gasteiger partial charge < -0.3 is 9.84 Å². The van der Waals surface area contributed by atoms with Crippen molar-refractivity contribution in [3.05, 3.63) is 65.7 Å². The van der Waals surface area contributed by atoms with Crippen LogP contribution in [0.25, 0.3) is 11.5 Å². The monoisotopic (exact) mass is 391 g/mol. The maximum atomic E-state index is 12.9. The molecule has 1 amide bonds. The van der Waals surface area contributed by atoms with Gasteiger partial charge in [-0.15, -0.1) is 0 Å². The number of rotatable bonds is 5. The molecule has 0 radical (unpaired) electrons. The number of aryl methyl sites for hydroxylation is 1. The second-order valence-electron chi connectivity index (χ2n) is 7.43. The molecule has 150 valence electrons. The second kappa shape index (κ2) is 8.53. The Labute approximate surface area is 170 Å². The van der Waals surface area contributed by atoms with Crippen LogP contribution in [0.2, 0.25) is 0 Å². The summed E-state index contributed by atoms with van der Waals surface area (Å²) in [7, 11) is 0. The molecule has 0 spiro atoms. The van der Waals surface area contributed by atoms with E-state index < -0.39 is 0 Å². The molecular formula is C22H25N5O2. The van der Waals surface area contributed by atoms with Crippen molar-refractivity contribution in [2.24, 2.45) is 0 Å². The van der Waals surface area contributed by atoms with Gasteiger partial charge in [0.1, 0.15) is 0 Å². The van der Waals surface area contributed by atoms with E-state index in [1.165, 1.54) is 5.56 Å². The predicted octanol–water partition coefficient (Wildman–Crippen LogP) is 3.40.